The van der Waals surface area contributed by atoms with Gasteiger partial charge in [0.05, 0.1) is 6.07 Å². The maximum Gasteiger partial charge on any atom is 0.0622 e. The Morgan fingerprint density at radius 2 is 2.38 bits per heavy atom. The lowest BCUT2D eigenvalue weighted by molar-refractivity contribution is 0.240. The van der Waals surface area contributed by atoms with Crippen molar-refractivity contribution in [3.05, 3.63) is 0 Å². The minimum atomic E-state index is 0.687. The van der Waals surface area contributed by atoms with Crippen molar-refractivity contribution in [2.45, 2.75) is 25.3 Å². The monoisotopic (exact) mass is 181 g/mol. The summed E-state index contributed by atoms with van der Waals surface area (Å²) < 4.78 is 0. The van der Waals surface area contributed by atoms with E-state index in [9.17, 15) is 0 Å². The van der Waals surface area contributed by atoms with Gasteiger partial charge in [0.1, 0.15) is 0 Å². The van der Waals surface area contributed by atoms with Crippen LogP contribution in [0, 0.1) is 11.3 Å². The third-order valence-electron chi connectivity index (χ3n) is 2.79. The van der Waals surface area contributed by atoms with E-state index in [0.29, 0.717) is 12.5 Å². The Balaban J connectivity index is 2.16. The van der Waals surface area contributed by atoms with E-state index in [-0.39, 0.29) is 0 Å². The molecule has 3 nitrogen and oxygen atoms in total. The van der Waals surface area contributed by atoms with Crippen LogP contribution in [-0.4, -0.2) is 49.6 Å². The van der Waals surface area contributed by atoms with Crippen molar-refractivity contribution in [2.75, 3.05) is 33.7 Å². The molecule has 0 bridgehead atoms. The van der Waals surface area contributed by atoms with Crippen molar-refractivity contribution in [1.82, 2.24) is 9.80 Å². The highest BCUT2D eigenvalue weighted by molar-refractivity contribution is 4.80. The molecule has 74 valence electrons. The number of likely N-dealkylation sites (tertiary alicyclic amines) is 1. The van der Waals surface area contributed by atoms with Gasteiger partial charge in [0, 0.05) is 19.0 Å². The van der Waals surface area contributed by atoms with Crippen molar-refractivity contribution in [2.24, 2.45) is 0 Å². The highest BCUT2D eigenvalue weighted by Crippen LogP contribution is 2.12. The molecule has 0 radical (unpaired) electrons. The van der Waals surface area contributed by atoms with Crippen LogP contribution in [0.15, 0.2) is 0 Å². The Hall–Kier alpha value is -0.590. The molecular weight excluding hydrogens is 162 g/mol. The molecule has 1 fully saturated rings. The summed E-state index contributed by atoms with van der Waals surface area (Å²) in [6, 6.07) is 2.90. The van der Waals surface area contributed by atoms with Crippen LogP contribution in [0.5, 0.6) is 0 Å². The Bertz CT molecular complexity index is 185. The average Bonchev–Trinajstić information content (AvgIpc) is 2.52. The first-order chi connectivity index (χ1) is 6.24. The van der Waals surface area contributed by atoms with E-state index >= 15 is 0 Å². The Labute approximate surface area is 80.9 Å². The largest absolute Gasteiger partial charge is 0.305 e. The highest BCUT2D eigenvalue weighted by Gasteiger charge is 2.22. The van der Waals surface area contributed by atoms with Crippen molar-refractivity contribution < 1.29 is 0 Å². The third kappa shape index (κ3) is 3.33. The van der Waals surface area contributed by atoms with Crippen molar-refractivity contribution in [3.8, 4) is 6.07 Å². The number of hydrogen-bond acceptors (Lipinski definition) is 3. The van der Waals surface area contributed by atoms with E-state index < -0.39 is 0 Å². The smallest absolute Gasteiger partial charge is 0.0622 e. The van der Waals surface area contributed by atoms with Crippen LogP contribution >= 0.6 is 0 Å². The Morgan fingerprint density at radius 3 is 2.92 bits per heavy atom. The number of nitrogens with zero attached hydrogens (tertiary/aromatic N) is 3. The van der Waals surface area contributed by atoms with Crippen molar-refractivity contribution in [1.29, 1.82) is 5.26 Å². The first kappa shape index (κ1) is 10.5. The number of likely N-dealkylation sites (N-methyl/N-ethyl adjacent to an activating group) is 2. The molecule has 1 aliphatic rings. The van der Waals surface area contributed by atoms with Crippen LogP contribution in [0.2, 0.25) is 0 Å². The van der Waals surface area contributed by atoms with Gasteiger partial charge in [-0.05, 0) is 40.0 Å². The van der Waals surface area contributed by atoms with Crippen LogP contribution < -0.4 is 0 Å². The fourth-order valence-corrected chi connectivity index (χ4v) is 1.86. The average molecular weight is 181 g/mol. The van der Waals surface area contributed by atoms with Gasteiger partial charge in [0.15, 0.2) is 0 Å². The fraction of sp³-hybridized carbons (Fsp3) is 0.900. The first-order valence-corrected chi connectivity index (χ1v) is 4.99. The lowest BCUT2D eigenvalue weighted by atomic mass is 10.2. The van der Waals surface area contributed by atoms with Gasteiger partial charge in [0.2, 0.25) is 0 Å². The lowest BCUT2D eigenvalue weighted by Crippen LogP contribution is -2.34. The molecule has 1 saturated heterocycles. The van der Waals surface area contributed by atoms with Gasteiger partial charge in [0.25, 0.3) is 0 Å². The third-order valence-corrected chi connectivity index (χ3v) is 2.79. The summed E-state index contributed by atoms with van der Waals surface area (Å²) in [5.41, 5.74) is 0. The molecule has 0 aromatic carbocycles. The minimum Gasteiger partial charge on any atom is -0.305 e. The van der Waals surface area contributed by atoms with Crippen molar-refractivity contribution >= 4 is 0 Å². The molecule has 0 saturated carbocycles. The van der Waals surface area contributed by atoms with Crippen molar-refractivity contribution in [3.63, 3.8) is 0 Å². The number of unbranched alkanes of at least 4 members (excludes halogenated alkanes) is 1. The Morgan fingerprint density at radius 1 is 1.62 bits per heavy atom. The molecule has 1 rings (SSSR count). The zero-order valence-corrected chi connectivity index (χ0v) is 8.66. The first-order valence-electron chi connectivity index (χ1n) is 4.99. The second-order valence-corrected chi connectivity index (χ2v) is 3.95. The molecule has 1 unspecified atom stereocenters. The molecule has 13 heavy (non-hydrogen) atoms. The molecule has 0 aliphatic carbocycles. The predicted molar refractivity (Wildman–Crippen MR) is 53.4 cm³/mol. The molecular formula is C10H19N3. The summed E-state index contributed by atoms with van der Waals surface area (Å²) in [4.78, 5) is 4.76. The molecule has 0 aromatic heterocycles. The van der Waals surface area contributed by atoms with E-state index in [2.05, 4.69) is 30.0 Å². The maximum atomic E-state index is 8.41. The Kier molecular flexibility index (Phi) is 4.20. The van der Waals surface area contributed by atoms with E-state index in [1.54, 1.807) is 0 Å². The minimum absolute atomic E-state index is 0.687. The summed E-state index contributed by atoms with van der Waals surface area (Å²) in [7, 11) is 4.34. The van der Waals surface area contributed by atoms with Gasteiger partial charge < -0.3 is 9.80 Å². The molecule has 0 N–H and O–H groups in total. The van der Waals surface area contributed by atoms with Crippen LogP contribution in [0.4, 0.5) is 0 Å². The zero-order chi connectivity index (χ0) is 9.68. The second-order valence-electron chi connectivity index (χ2n) is 3.95. The van der Waals surface area contributed by atoms with E-state index in [1.807, 2.05) is 0 Å². The molecule has 1 heterocycles. The second kappa shape index (κ2) is 5.21. The maximum absolute atomic E-state index is 8.41. The summed E-state index contributed by atoms with van der Waals surface area (Å²) >= 11 is 0. The predicted octanol–water partition coefficient (Wildman–Crippen LogP) is 0.926. The molecule has 0 spiro atoms. The quantitative estimate of drug-likeness (QED) is 0.604. The van der Waals surface area contributed by atoms with E-state index in [0.717, 1.165) is 13.0 Å². The van der Waals surface area contributed by atoms with Gasteiger partial charge in [-0.1, -0.05) is 0 Å². The highest BCUT2D eigenvalue weighted by atomic mass is 15.2. The van der Waals surface area contributed by atoms with Crippen LogP contribution in [0.25, 0.3) is 0 Å². The van der Waals surface area contributed by atoms with Crippen LogP contribution in [0.3, 0.4) is 0 Å². The van der Waals surface area contributed by atoms with E-state index in [1.165, 1.54) is 19.5 Å². The fourth-order valence-electron chi connectivity index (χ4n) is 1.86. The lowest BCUT2D eigenvalue weighted by Gasteiger charge is -2.23. The number of nitriles is 1. The summed E-state index contributed by atoms with van der Waals surface area (Å²) in [6.07, 6.45) is 2.97. The van der Waals surface area contributed by atoms with Gasteiger partial charge >= 0.3 is 0 Å². The molecule has 1 aliphatic heterocycles. The van der Waals surface area contributed by atoms with Crippen LogP contribution in [-0.2, 0) is 0 Å². The van der Waals surface area contributed by atoms with E-state index in [4.69, 9.17) is 5.26 Å². The number of hydrogen-bond donors (Lipinski definition) is 0. The van der Waals surface area contributed by atoms with Gasteiger partial charge in [-0.2, -0.15) is 5.26 Å². The van der Waals surface area contributed by atoms with Gasteiger partial charge in [-0.3, -0.25) is 0 Å². The molecule has 0 amide bonds. The number of rotatable bonds is 4. The van der Waals surface area contributed by atoms with Gasteiger partial charge in [-0.25, -0.2) is 0 Å². The SMILES string of the molecule is CN1CCC(N(C)CCCC#N)C1. The summed E-state index contributed by atoms with van der Waals surface area (Å²) in [5.74, 6) is 0. The molecule has 1 atom stereocenters. The topological polar surface area (TPSA) is 30.3 Å². The normalized spacial score (nSPS) is 23.7. The van der Waals surface area contributed by atoms with Crippen LogP contribution in [0.1, 0.15) is 19.3 Å². The summed E-state index contributed by atoms with van der Waals surface area (Å²) in [5, 5.41) is 8.41. The molecule has 0 aromatic rings. The van der Waals surface area contributed by atoms with Gasteiger partial charge in [-0.15, -0.1) is 0 Å². The zero-order valence-electron chi connectivity index (χ0n) is 8.66. The summed E-state index contributed by atoms with van der Waals surface area (Å²) in [6.45, 7) is 3.46. The standard InChI is InChI=1S/C10H19N3/c1-12-8-5-10(9-12)13(2)7-4-3-6-11/h10H,3-5,7-9H2,1-2H3. The molecule has 3 heteroatoms.